The Balaban J connectivity index is 0.000000435. The maximum atomic E-state index is 11.5. The molecule has 0 atom stereocenters. The number of carbonyl (C=O) groups excluding carboxylic acids is 2. The predicted octanol–water partition coefficient (Wildman–Crippen LogP) is -2.68. The Labute approximate surface area is 148 Å². The highest BCUT2D eigenvalue weighted by atomic mass is 35.5. The third kappa shape index (κ3) is 8.49. The quantitative estimate of drug-likeness (QED) is 0.203. The van der Waals surface area contributed by atoms with Crippen molar-refractivity contribution in [3.63, 3.8) is 0 Å². The number of nitrogens with zero attached hydrogens (tertiary/aromatic N) is 2. The topological polar surface area (TPSA) is 163 Å². The zero-order valence-electron chi connectivity index (χ0n) is 13.4. The average molecular weight is 382 g/mol. The third-order valence-electron chi connectivity index (χ3n) is 3.03. The lowest BCUT2D eigenvalue weighted by atomic mass is 10.4. The Bertz CT molecular complexity index is 495. The van der Waals surface area contributed by atoms with Crippen LogP contribution in [0.3, 0.4) is 0 Å². The van der Waals surface area contributed by atoms with Crippen LogP contribution in [0.2, 0.25) is 0 Å². The molecule has 142 valence electrons. The second-order valence-corrected chi connectivity index (χ2v) is 5.20. The molecule has 2 heterocycles. The number of imide groups is 1. The molecule has 0 saturated carbocycles. The number of carbonyl (C=O) groups is 2. The normalized spacial score (nSPS) is 18.2. The van der Waals surface area contributed by atoms with Crippen LogP contribution in [-0.4, -0.2) is 74.5 Å². The van der Waals surface area contributed by atoms with Crippen LogP contribution in [0.15, 0.2) is 11.0 Å². The Morgan fingerprint density at radius 2 is 1.64 bits per heavy atom. The fourth-order valence-corrected chi connectivity index (χ4v) is 1.84. The minimum absolute atomic E-state index is 0.300. The highest BCUT2D eigenvalue weighted by molar-refractivity contribution is 6.28. The van der Waals surface area contributed by atoms with Gasteiger partial charge in [0.1, 0.15) is 0 Å². The summed E-state index contributed by atoms with van der Waals surface area (Å²) in [6, 6.07) is -1.92. The van der Waals surface area contributed by atoms with Crippen LogP contribution < -0.4 is 21.1 Å². The first-order chi connectivity index (χ1) is 11.9. The second-order valence-electron chi connectivity index (χ2n) is 4.84. The molecule has 0 unspecified atom stereocenters. The Hall–Kier alpha value is -2.15. The van der Waals surface area contributed by atoms with Crippen molar-refractivity contribution in [2.24, 2.45) is 0 Å². The number of hydrogen-bond acceptors (Lipinski definition) is 7. The number of rotatable bonds is 2. The zero-order chi connectivity index (χ0) is 18.7. The first-order valence-corrected chi connectivity index (χ1v) is 7.85. The number of nitrogens with two attached hydrogens (primary N) is 1. The van der Waals surface area contributed by atoms with Gasteiger partial charge in [0.25, 0.3) is 0 Å². The van der Waals surface area contributed by atoms with E-state index in [1.165, 1.54) is 4.90 Å². The molecule has 2 saturated heterocycles. The van der Waals surface area contributed by atoms with Crippen LogP contribution in [-0.2, 0) is 9.47 Å². The zero-order valence-corrected chi connectivity index (χ0v) is 14.1. The van der Waals surface area contributed by atoms with Gasteiger partial charge in [-0.2, -0.15) is 0 Å². The van der Waals surface area contributed by atoms with Gasteiger partial charge in [0, 0.05) is 13.1 Å². The number of hydrogen-bond donors (Lipinski definition) is 3. The summed E-state index contributed by atoms with van der Waals surface area (Å²) in [4.78, 5) is 33.0. The van der Waals surface area contributed by atoms with E-state index in [4.69, 9.17) is 21.1 Å². The molecule has 0 aromatic heterocycles. The van der Waals surface area contributed by atoms with Gasteiger partial charge >= 0.3 is 17.2 Å². The highest BCUT2D eigenvalue weighted by Gasteiger charge is 2.19. The summed E-state index contributed by atoms with van der Waals surface area (Å²) < 4.78 is 10.0. The highest BCUT2D eigenvalue weighted by Crippen LogP contribution is 2.02. The van der Waals surface area contributed by atoms with E-state index in [0.29, 0.717) is 26.3 Å². The number of urea groups is 2. The van der Waals surface area contributed by atoms with Crippen molar-refractivity contribution in [2.45, 2.75) is 0 Å². The van der Waals surface area contributed by atoms with Crippen molar-refractivity contribution in [3.05, 3.63) is 21.2 Å². The number of quaternary nitrogens is 1. The lowest BCUT2D eigenvalue weighted by Gasteiger charge is -2.26. The summed E-state index contributed by atoms with van der Waals surface area (Å²) in [7, 11) is 0. The first-order valence-electron chi connectivity index (χ1n) is 7.47. The summed E-state index contributed by atoms with van der Waals surface area (Å²) in [5.41, 5.74) is 0. The van der Waals surface area contributed by atoms with Gasteiger partial charge in [-0.3, -0.25) is 15.4 Å². The van der Waals surface area contributed by atoms with Gasteiger partial charge in [0.2, 0.25) is 0 Å². The number of halogens is 1. The Morgan fingerprint density at radius 1 is 1.08 bits per heavy atom. The van der Waals surface area contributed by atoms with E-state index < -0.39 is 28.0 Å². The largest absolute Gasteiger partial charge is 0.855 e. The number of amides is 4. The van der Waals surface area contributed by atoms with Gasteiger partial charge in [-0.25, -0.2) is 9.59 Å². The molecule has 4 amide bonds. The smallest absolute Gasteiger partial charge is 0.345 e. The molecular weight excluding hydrogens is 362 g/mol. The predicted molar refractivity (Wildman–Crippen MR) is 81.8 cm³/mol. The average Bonchev–Trinajstić information content (AvgIpc) is 2.63. The number of nitrogens with one attached hydrogen (secondary N) is 2. The molecule has 2 fully saturated rings. The Morgan fingerprint density at radius 3 is 2.08 bits per heavy atom. The summed E-state index contributed by atoms with van der Waals surface area (Å²) in [5.74, 6) is -1.40. The van der Waals surface area contributed by atoms with Crippen molar-refractivity contribution in [1.82, 2.24) is 15.5 Å². The van der Waals surface area contributed by atoms with Crippen molar-refractivity contribution < 1.29 is 34.4 Å². The van der Waals surface area contributed by atoms with Gasteiger partial charge < -0.3 is 30.1 Å². The lowest BCUT2D eigenvalue weighted by Crippen LogP contribution is -2.87. The molecule has 0 spiro atoms. The molecule has 0 aliphatic carbocycles. The van der Waals surface area contributed by atoms with E-state index in [9.17, 15) is 24.8 Å². The molecule has 0 aromatic carbocycles. The number of ether oxygens (including phenoxy) is 2. The molecule has 0 bridgehead atoms. The molecule has 4 N–H and O–H groups in total. The van der Waals surface area contributed by atoms with E-state index in [2.05, 4.69) is 5.32 Å². The molecule has 0 aromatic rings. The van der Waals surface area contributed by atoms with E-state index in [1.807, 2.05) is 5.32 Å². The van der Waals surface area contributed by atoms with E-state index in [0.717, 1.165) is 26.3 Å². The van der Waals surface area contributed by atoms with Crippen LogP contribution in [0.1, 0.15) is 0 Å². The Kier molecular flexibility index (Phi) is 9.54. The molecule has 0 radical (unpaired) electrons. The maximum absolute atomic E-state index is 11.5. The first kappa shape index (κ1) is 20.9. The molecule has 12 nitrogen and oxygen atoms in total. The molecule has 2 aliphatic rings. The van der Waals surface area contributed by atoms with Gasteiger partial charge in [-0.1, -0.05) is 0 Å². The van der Waals surface area contributed by atoms with Gasteiger partial charge in [0.05, 0.1) is 50.3 Å². The van der Waals surface area contributed by atoms with Crippen molar-refractivity contribution in [1.29, 1.82) is 0 Å². The molecule has 2 aliphatic heterocycles. The summed E-state index contributed by atoms with van der Waals surface area (Å²) in [6.07, 6.45) is 0. The van der Waals surface area contributed by atoms with Crippen LogP contribution in [0, 0.1) is 10.1 Å². The van der Waals surface area contributed by atoms with Crippen LogP contribution >= 0.6 is 11.6 Å². The van der Waals surface area contributed by atoms with E-state index in [1.54, 1.807) is 5.32 Å². The summed E-state index contributed by atoms with van der Waals surface area (Å²) in [5, 5.41) is 25.6. The van der Waals surface area contributed by atoms with Gasteiger partial charge in [0.15, 0.2) is 0 Å². The van der Waals surface area contributed by atoms with Crippen LogP contribution in [0.4, 0.5) is 9.59 Å². The molecule has 2 rings (SSSR count). The number of nitro groups is 1. The summed E-state index contributed by atoms with van der Waals surface area (Å²) >= 11 is 5.01. The van der Waals surface area contributed by atoms with Gasteiger partial charge in [-0.05, 0) is 11.6 Å². The van der Waals surface area contributed by atoms with Crippen molar-refractivity contribution in [3.8, 4) is 0 Å². The fourth-order valence-electron chi connectivity index (χ4n) is 1.79. The SMILES string of the molecule is C1COCC[NH2+]1.O=C(NC(=O)N1CCOCC1)N/C([O-])=C(\Cl)[N+](=O)[O-]. The van der Waals surface area contributed by atoms with Crippen LogP contribution in [0.25, 0.3) is 0 Å². The van der Waals surface area contributed by atoms with Crippen molar-refractivity contribution in [2.75, 3.05) is 52.6 Å². The van der Waals surface area contributed by atoms with Crippen LogP contribution in [0.5, 0.6) is 0 Å². The number of morpholine rings is 2. The second kappa shape index (κ2) is 11.4. The van der Waals surface area contributed by atoms with Crippen molar-refractivity contribution >= 4 is 23.7 Å². The molecule has 13 heteroatoms. The lowest BCUT2D eigenvalue weighted by molar-refractivity contribution is -0.670. The van der Waals surface area contributed by atoms with E-state index >= 15 is 0 Å². The van der Waals surface area contributed by atoms with E-state index in [-0.39, 0.29) is 0 Å². The van der Waals surface area contributed by atoms with Gasteiger partial charge in [-0.15, -0.1) is 0 Å². The molecule has 25 heavy (non-hydrogen) atoms. The maximum Gasteiger partial charge on any atom is 0.345 e. The monoisotopic (exact) mass is 381 g/mol. The standard InChI is InChI=1S/C8H11ClN4O6.C4H9NO/c9-5(13(17)18)6(14)10-7(15)11-8(16)12-1-3-19-4-2-12;1-3-6-4-2-5-1/h14H,1-4H2,(H2,10,11,15,16);5H,1-4H2/b6-5-;. The minimum Gasteiger partial charge on any atom is -0.855 e. The molecular formula is C12H20ClN5O7. The fraction of sp³-hybridized carbons (Fsp3) is 0.667. The third-order valence-corrected chi connectivity index (χ3v) is 3.34. The summed E-state index contributed by atoms with van der Waals surface area (Å²) in [6.45, 7) is 5.48. The minimum atomic E-state index is -1.40.